The maximum Gasteiger partial charge on any atom is 0.339 e. The lowest BCUT2D eigenvalue weighted by atomic mass is 10.1. The van der Waals surface area contributed by atoms with Crippen LogP contribution in [0.25, 0.3) is 0 Å². The largest absolute Gasteiger partial charge is 0.478 e. The topological polar surface area (TPSA) is 82.2 Å². The number of carboxylic acids is 1. The molecule has 0 bridgehead atoms. The lowest BCUT2D eigenvalue weighted by Gasteiger charge is -2.06. The van der Waals surface area contributed by atoms with Crippen LogP contribution in [-0.2, 0) is 0 Å². The average Bonchev–Trinajstić information content (AvgIpc) is 2.77. The van der Waals surface area contributed by atoms with Crippen LogP contribution in [0.2, 0.25) is 0 Å². The number of hydrogen-bond donors (Lipinski definition) is 3. The van der Waals surface area contributed by atoms with Gasteiger partial charge in [0.05, 0.1) is 11.3 Å². The number of anilines is 1. The fourth-order valence-electron chi connectivity index (χ4n) is 1.79. The summed E-state index contributed by atoms with van der Waals surface area (Å²) in [4.78, 5) is 25.5. The first kappa shape index (κ1) is 14.6. The molecule has 5 nitrogen and oxygen atoms in total. The van der Waals surface area contributed by atoms with Gasteiger partial charge in [-0.2, -0.15) is 0 Å². The minimum absolute atomic E-state index is 0.103. The number of rotatable bonds is 3. The van der Waals surface area contributed by atoms with E-state index in [1.165, 1.54) is 13.1 Å². The van der Waals surface area contributed by atoms with Crippen molar-refractivity contribution in [3.05, 3.63) is 52.6 Å². The van der Waals surface area contributed by atoms with E-state index in [1.54, 1.807) is 0 Å². The number of H-pyrrole nitrogens is 1. The monoisotopic (exact) mass is 298 g/mol. The summed E-state index contributed by atoms with van der Waals surface area (Å²) in [5, 5.41) is 11.1. The highest BCUT2D eigenvalue weighted by atomic mass is 19.2. The van der Waals surface area contributed by atoms with Crippen molar-refractivity contribution in [2.45, 2.75) is 6.92 Å². The van der Waals surface area contributed by atoms with Crippen LogP contribution in [0.4, 0.5) is 18.9 Å². The average molecular weight is 298 g/mol. The van der Waals surface area contributed by atoms with E-state index in [0.29, 0.717) is 6.07 Å². The van der Waals surface area contributed by atoms with Gasteiger partial charge in [-0.15, -0.1) is 0 Å². The summed E-state index contributed by atoms with van der Waals surface area (Å²) in [5.41, 5.74) is -0.756. The van der Waals surface area contributed by atoms with E-state index in [-0.39, 0.29) is 16.9 Å². The van der Waals surface area contributed by atoms with Crippen LogP contribution in [-0.4, -0.2) is 22.0 Å². The van der Waals surface area contributed by atoms with Crippen LogP contribution < -0.4 is 5.32 Å². The first-order valence-electron chi connectivity index (χ1n) is 5.69. The molecule has 0 fully saturated rings. The second-order valence-electron chi connectivity index (χ2n) is 4.18. The van der Waals surface area contributed by atoms with Crippen molar-refractivity contribution in [1.82, 2.24) is 4.98 Å². The molecule has 0 radical (unpaired) electrons. The van der Waals surface area contributed by atoms with Crippen molar-refractivity contribution in [2.75, 3.05) is 5.32 Å². The van der Waals surface area contributed by atoms with Gasteiger partial charge in [0.1, 0.15) is 5.56 Å². The lowest BCUT2D eigenvalue weighted by Crippen LogP contribution is -2.16. The molecule has 0 saturated heterocycles. The van der Waals surface area contributed by atoms with E-state index in [9.17, 15) is 22.8 Å². The molecule has 0 spiro atoms. The number of aromatic amines is 1. The molecular weight excluding hydrogens is 289 g/mol. The third-order valence-corrected chi connectivity index (χ3v) is 2.82. The van der Waals surface area contributed by atoms with Crippen molar-refractivity contribution in [3.8, 4) is 0 Å². The highest BCUT2D eigenvalue weighted by Crippen LogP contribution is 2.21. The smallest absolute Gasteiger partial charge is 0.339 e. The molecule has 0 saturated carbocycles. The molecule has 21 heavy (non-hydrogen) atoms. The maximum absolute atomic E-state index is 13.5. The van der Waals surface area contributed by atoms with Gasteiger partial charge in [-0.1, -0.05) is 0 Å². The molecule has 8 heteroatoms. The minimum atomic E-state index is -1.77. The normalized spacial score (nSPS) is 10.5. The Labute approximate surface area is 116 Å². The summed E-state index contributed by atoms with van der Waals surface area (Å²) >= 11 is 0. The predicted molar refractivity (Wildman–Crippen MR) is 66.8 cm³/mol. The number of amides is 1. The summed E-state index contributed by atoms with van der Waals surface area (Å²) in [6.07, 6.45) is 1.20. The molecule has 0 atom stereocenters. The third-order valence-electron chi connectivity index (χ3n) is 2.82. The van der Waals surface area contributed by atoms with Gasteiger partial charge in [-0.3, -0.25) is 4.79 Å². The van der Waals surface area contributed by atoms with Gasteiger partial charge in [0.15, 0.2) is 17.5 Å². The molecule has 3 N–H and O–H groups in total. The van der Waals surface area contributed by atoms with Crippen LogP contribution >= 0.6 is 0 Å². The molecule has 2 rings (SSSR count). The van der Waals surface area contributed by atoms with Crippen molar-refractivity contribution in [1.29, 1.82) is 0 Å². The number of nitrogens with one attached hydrogen (secondary N) is 2. The predicted octanol–water partition coefficient (Wildman–Crippen LogP) is 2.69. The Hall–Kier alpha value is -2.77. The number of carbonyl (C=O) groups is 2. The second-order valence-corrected chi connectivity index (χ2v) is 4.18. The minimum Gasteiger partial charge on any atom is -0.478 e. The van der Waals surface area contributed by atoms with Crippen molar-refractivity contribution in [2.24, 2.45) is 0 Å². The van der Waals surface area contributed by atoms with E-state index in [4.69, 9.17) is 5.11 Å². The molecule has 1 heterocycles. The van der Waals surface area contributed by atoms with Gasteiger partial charge in [0, 0.05) is 11.9 Å². The molecule has 1 amide bonds. The van der Waals surface area contributed by atoms with Gasteiger partial charge in [-0.25, -0.2) is 18.0 Å². The Morgan fingerprint density at radius 2 is 1.86 bits per heavy atom. The summed E-state index contributed by atoms with van der Waals surface area (Å²) in [5.74, 6) is -7.22. The Morgan fingerprint density at radius 1 is 1.19 bits per heavy atom. The van der Waals surface area contributed by atoms with E-state index in [0.717, 1.165) is 6.07 Å². The zero-order chi connectivity index (χ0) is 15.7. The molecule has 0 aliphatic heterocycles. The van der Waals surface area contributed by atoms with E-state index in [2.05, 4.69) is 10.3 Å². The van der Waals surface area contributed by atoms with Crippen LogP contribution in [0.1, 0.15) is 26.4 Å². The van der Waals surface area contributed by atoms with Gasteiger partial charge < -0.3 is 15.4 Å². The lowest BCUT2D eigenvalue weighted by molar-refractivity contribution is 0.0697. The van der Waals surface area contributed by atoms with Crippen molar-refractivity contribution >= 4 is 17.6 Å². The first-order chi connectivity index (χ1) is 9.82. The molecule has 1 aromatic heterocycles. The zero-order valence-corrected chi connectivity index (χ0v) is 10.6. The number of aromatic nitrogens is 1. The molecular formula is C13H9F3N2O3. The first-order valence-corrected chi connectivity index (χ1v) is 5.69. The Balaban J connectivity index is 2.35. The number of benzene rings is 1. The van der Waals surface area contributed by atoms with Crippen LogP contribution in [0.3, 0.4) is 0 Å². The number of aryl methyl sites for hydroxylation is 1. The zero-order valence-electron chi connectivity index (χ0n) is 10.6. The third kappa shape index (κ3) is 2.60. The second kappa shape index (κ2) is 5.31. The Kier molecular flexibility index (Phi) is 3.70. The number of aromatic carboxylic acids is 1. The van der Waals surface area contributed by atoms with E-state index in [1.807, 2.05) is 0 Å². The fraction of sp³-hybridized carbons (Fsp3) is 0.0769. The quantitative estimate of drug-likeness (QED) is 0.762. The van der Waals surface area contributed by atoms with E-state index >= 15 is 0 Å². The molecule has 1 aromatic carbocycles. The van der Waals surface area contributed by atoms with Gasteiger partial charge in [0.25, 0.3) is 5.91 Å². The van der Waals surface area contributed by atoms with Crippen molar-refractivity contribution < 1.29 is 27.9 Å². The number of hydrogen-bond acceptors (Lipinski definition) is 2. The maximum atomic E-state index is 13.5. The fourth-order valence-corrected chi connectivity index (χ4v) is 1.79. The van der Waals surface area contributed by atoms with Gasteiger partial charge in [-0.05, 0) is 19.1 Å². The summed E-state index contributed by atoms with van der Waals surface area (Å²) in [6.45, 7) is 1.47. The number of carboxylic acid groups (broad SMARTS) is 1. The SMILES string of the molecule is Cc1[nH]cc(NC(=O)c2ccc(F)c(F)c2F)c1C(=O)O. The summed E-state index contributed by atoms with van der Waals surface area (Å²) in [6, 6.07) is 1.37. The Bertz CT molecular complexity index is 741. The molecule has 2 aromatic rings. The van der Waals surface area contributed by atoms with Gasteiger partial charge >= 0.3 is 5.97 Å². The standard InChI is InChI=1S/C13H9F3N2O3/c1-5-9(13(20)21)8(4-17-5)18-12(19)6-2-3-7(14)11(16)10(6)15/h2-4,17H,1H3,(H,18,19)(H,20,21). The highest BCUT2D eigenvalue weighted by molar-refractivity contribution is 6.08. The van der Waals surface area contributed by atoms with E-state index < -0.39 is 34.9 Å². The summed E-state index contributed by atoms with van der Waals surface area (Å²) < 4.78 is 39.3. The van der Waals surface area contributed by atoms with Gasteiger partial charge in [0.2, 0.25) is 0 Å². The van der Waals surface area contributed by atoms with Crippen molar-refractivity contribution in [3.63, 3.8) is 0 Å². The van der Waals surface area contributed by atoms with Crippen LogP contribution in [0, 0.1) is 24.4 Å². The van der Waals surface area contributed by atoms with Crippen LogP contribution in [0.15, 0.2) is 18.3 Å². The molecule has 0 aliphatic carbocycles. The highest BCUT2D eigenvalue weighted by Gasteiger charge is 2.22. The molecule has 110 valence electrons. The summed E-state index contributed by atoms with van der Waals surface area (Å²) in [7, 11) is 0. The molecule has 0 aliphatic rings. The Morgan fingerprint density at radius 3 is 2.48 bits per heavy atom. The number of carbonyl (C=O) groups excluding carboxylic acids is 1. The number of halogens is 3. The molecule has 0 unspecified atom stereocenters. The van der Waals surface area contributed by atoms with Crippen LogP contribution in [0.5, 0.6) is 0 Å².